The molecule has 1 N–H and O–H groups in total. The monoisotopic (exact) mass is 262 g/mol. The summed E-state index contributed by atoms with van der Waals surface area (Å²) in [6.07, 6.45) is 1.43. The van der Waals surface area contributed by atoms with Gasteiger partial charge in [-0.1, -0.05) is 42.4 Å². The molecule has 0 saturated carbocycles. The van der Waals surface area contributed by atoms with Crippen molar-refractivity contribution in [3.05, 3.63) is 35.9 Å². The second-order valence-corrected chi connectivity index (χ2v) is 5.12. The van der Waals surface area contributed by atoms with Crippen LogP contribution < -0.4 is 0 Å². The van der Waals surface area contributed by atoms with E-state index in [2.05, 4.69) is 22.2 Å². The number of nitrogens with zero attached hydrogens (tertiary/aromatic N) is 2. The maximum absolute atomic E-state index is 9.62. The first-order valence-electron chi connectivity index (χ1n) is 6.83. The molecular weight excluding hydrogens is 240 g/mol. The standard InChI is InChI=1S/C15H22N2O2/c1-3-13(18)10-17(2)11-14-9-15(16-19-14)12-7-5-4-6-8-12/h4-8,13-14,18H,3,9-11H2,1-2H3/t13-,14-/m1/s1. The van der Waals surface area contributed by atoms with Gasteiger partial charge in [0.15, 0.2) is 0 Å². The lowest BCUT2D eigenvalue weighted by Gasteiger charge is -2.21. The summed E-state index contributed by atoms with van der Waals surface area (Å²) in [6, 6.07) is 10.1. The van der Waals surface area contributed by atoms with Gasteiger partial charge in [-0.2, -0.15) is 0 Å². The van der Waals surface area contributed by atoms with Crippen LogP contribution in [0.1, 0.15) is 25.3 Å². The molecule has 0 unspecified atom stereocenters. The minimum atomic E-state index is -0.263. The van der Waals surface area contributed by atoms with E-state index in [0.29, 0.717) is 6.54 Å². The fraction of sp³-hybridized carbons (Fsp3) is 0.533. The van der Waals surface area contributed by atoms with Gasteiger partial charge in [-0.05, 0) is 19.0 Å². The number of likely N-dealkylation sites (N-methyl/N-ethyl adjacent to an activating group) is 1. The normalized spacial score (nSPS) is 20.2. The van der Waals surface area contributed by atoms with Crippen molar-refractivity contribution in [3.63, 3.8) is 0 Å². The molecule has 0 fully saturated rings. The Morgan fingerprint density at radius 1 is 1.42 bits per heavy atom. The topological polar surface area (TPSA) is 45.1 Å². The molecule has 19 heavy (non-hydrogen) atoms. The summed E-state index contributed by atoms with van der Waals surface area (Å²) >= 11 is 0. The van der Waals surface area contributed by atoms with Crippen molar-refractivity contribution in [2.75, 3.05) is 20.1 Å². The molecule has 1 aromatic rings. The first kappa shape index (κ1) is 14.0. The van der Waals surface area contributed by atoms with Gasteiger partial charge in [-0.15, -0.1) is 0 Å². The van der Waals surface area contributed by atoms with Gasteiger partial charge >= 0.3 is 0 Å². The number of hydrogen-bond acceptors (Lipinski definition) is 4. The van der Waals surface area contributed by atoms with Gasteiger partial charge in [0.05, 0.1) is 11.8 Å². The molecule has 1 aliphatic heterocycles. The molecule has 104 valence electrons. The van der Waals surface area contributed by atoms with Gasteiger partial charge in [-0.3, -0.25) is 0 Å². The van der Waals surface area contributed by atoms with E-state index in [1.165, 1.54) is 0 Å². The van der Waals surface area contributed by atoms with Gasteiger partial charge in [0.1, 0.15) is 6.10 Å². The molecule has 1 aromatic carbocycles. The molecule has 0 aromatic heterocycles. The molecule has 0 saturated heterocycles. The Labute approximate surface area is 114 Å². The fourth-order valence-electron chi connectivity index (χ4n) is 2.24. The number of oxime groups is 1. The molecule has 0 aliphatic carbocycles. The van der Waals surface area contributed by atoms with E-state index in [4.69, 9.17) is 4.84 Å². The predicted molar refractivity (Wildman–Crippen MR) is 76.3 cm³/mol. The van der Waals surface area contributed by atoms with Crippen LogP contribution in [0.2, 0.25) is 0 Å². The van der Waals surface area contributed by atoms with Crippen LogP contribution >= 0.6 is 0 Å². The highest BCUT2D eigenvalue weighted by atomic mass is 16.6. The Kier molecular flexibility index (Phi) is 4.93. The van der Waals surface area contributed by atoms with Crippen molar-refractivity contribution >= 4 is 5.71 Å². The quantitative estimate of drug-likeness (QED) is 0.851. The summed E-state index contributed by atoms with van der Waals surface area (Å²) in [5, 5.41) is 13.8. The van der Waals surface area contributed by atoms with Crippen LogP contribution in [0.15, 0.2) is 35.5 Å². The van der Waals surface area contributed by atoms with Crippen molar-refractivity contribution in [2.24, 2.45) is 5.16 Å². The summed E-state index contributed by atoms with van der Waals surface area (Å²) in [7, 11) is 2.00. The third kappa shape index (κ3) is 4.04. The van der Waals surface area contributed by atoms with E-state index in [1.807, 2.05) is 32.2 Å². The van der Waals surface area contributed by atoms with Gasteiger partial charge in [-0.25, -0.2) is 0 Å². The molecule has 0 radical (unpaired) electrons. The van der Waals surface area contributed by atoms with Crippen LogP contribution in [-0.4, -0.2) is 48.1 Å². The zero-order chi connectivity index (χ0) is 13.7. The van der Waals surface area contributed by atoms with Crippen molar-refractivity contribution in [3.8, 4) is 0 Å². The summed E-state index contributed by atoms with van der Waals surface area (Å²) in [5.74, 6) is 0. The number of hydrogen-bond donors (Lipinski definition) is 1. The second kappa shape index (κ2) is 6.68. The van der Waals surface area contributed by atoms with E-state index >= 15 is 0 Å². The van der Waals surface area contributed by atoms with Crippen LogP contribution in [-0.2, 0) is 4.84 Å². The van der Waals surface area contributed by atoms with E-state index in [9.17, 15) is 5.11 Å². The predicted octanol–water partition coefficient (Wildman–Crippen LogP) is 1.88. The maximum atomic E-state index is 9.62. The van der Waals surface area contributed by atoms with Crippen LogP contribution in [0.5, 0.6) is 0 Å². The minimum Gasteiger partial charge on any atom is -0.392 e. The number of aliphatic hydroxyl groups is 1. The van der Waals surface area contributed by atoms with E-state index in [1.54, 1.807) is 0 Å². The van der Waals surface area contributed by atoms with Crippen LogP contribution in [0.3, 0.4) is 0 Å². The molecule has 0 amide bonds. The minimum absolute atomic E-state index is 0.0873. The highest BCUT2D eigenvalue weighted by Gasteiger charge is 2.23. The second-order valence-electron chi connectivity index (χ2n) is 5.12. The van der Waals surface area contributed by atoms with Crippen LogP contribution in [0.4, 0.5) is 0 Å². The van der Waals surface area contributed by atoms with Crippen molar-refractivity contribution in [1.82, 2.24) is 4.90 Å². The SMILES string of the molecule is CC[C@@H](O)CN(C)C[C@H]1CC(c2ccccc2)=NO1. The molecular formula is C15H22N2O2. The van der Waals surface area contributed by atoms with E-state index in [0.717, 1.165) is 30.7 Å². The Morgan fingerprint density at radius 2 is 2.16 bits per heavy atom. The lowest BCUT2D eigenvalue weighted by atomic mass is 10.0. The highest BCUT2D eigenvalue weighted by molar-refractivity contribution is 6.01. The molecule has 1 aliphatic rings. The number of rotatable bonds is 6. The molecule has 4 heteroatoms. The van der Waals surface area contributed by atoms with Crippen molar-refractivity contribution in [2.45, 2.75) is 32.0 Å². The Hall–Kier alpha value is -1.39. The summed E-state index contributed by atoms with van der Waals surface area (Å²) in [6.45, 7) is 3.45. The van der Waals surface area contributed by atoms with Gasteiger partial charge in [0, 0.05) is 19.5 Å². The zero-order valence-electron chi connectivity index (χ0n) is 11.6. The largest absolute Gasteiger partial charge is 0.392 e. The summed E-state index contributed by atoms with van der Waals surface area (Å²) in [4.78, 5) is 7.57. The third-order valence-electron chi connectivity index (χ3n) is 3.35. The summed E-state index contributed by atoms with van der Waals surface area (Å²) < 4.78 is 0. The first-order chi connectivity index (χ1) is 9.19. The smallest absolute Gasteiger partial charge is 0.145 e. The van der Waals surface area contributed by atoms with Gasteiger partial charge in [0.2, 0.25) is 0 Å². The summed E-state index contributed by atoms with van der Waals surface area (Å²) in [5.41, 5.74) is 2.14. The molecule has 0 bridgehead atoms. The molecule has 4 nitrogen and oxygen atoms in total. The molecule has 0 spiro atoms. The zero-order valence-corrected chi connectivity index (χ0v) is 11.6. The number of aliphatic hydroxyl groups excluding tert-OH is 1. The first-order valence-corrected chi connectivity index (χ1v) is 6.83. The van der Waals surface area contributed by atoms with Crippen LogP contribution in [0.25, 0.3) is 0 Å². The highest BCUT2D eigenvalue weighted by Crippen LogP contribution is 2.17. The van der Waals surface area contributed by atoms with Gasteiger partial charge < -0.3 is 14.8 Å². The average Bonchev–Trinajstić information content (AvgIpc) is 2.88. The third-order valence-corrected chi connectivity index (χ3v) is 3.35. The molecule has 1 heterocycles. The number of benzene rings is 1. The Bertz CT molecular complexity index is 419. The molecule has 2 rings (SSSR count). The van der Waals surface area contributed by atoms with Crippen molar-refractivity contribution in [1.29, 1.82) is 0 Å². The lowest BCUT2D eigenvalue weighted by Crippen LogP contribution is -2.35. The Balaban J connectivity index is 1.81. The Morgan fingerprint density at radius 3 is 2.84 bits per heavy atom. The molecule has 2 atom stereocenters. The maximum Gasteiger partial charge on any atom is 0.145 e. The van der Waals surface area contributed by atoms with E-state index < -0.39 is 0 Å². The lowest BCUT2D eigenvalue weighted by molar-refractivity contribution is 0.0436. The fourth-order valence-corrected chi connectivity index (χ4v) is 2.24. The van der Waals surface area contributed by atoms with Crippen LogP contribution in [0, 0.1) is 0 Å². The average molecular weight is 262 g/mol. The van der Waals surface area contributed by atoms with Crippen molar-refractivity contribution < 1.29 is 9.94 Å². The van der Waals surface area contributed by atoms with Gasteiger partial charge in [0.25, 0.3) is 0 Å². The van der Waals surface area contributed by atoms with E-state index in [-0.39, 0.29) is 12.2 Å².